The van der Waals surface area contributed by atoms with Crippen LogP contribution in [0.25, 0.3) is 11.3 Å². The molecule has 0 aliphatic heterocycles. The topological polar surface area (TPSA) is 67.0 Å². The third-order valence-electron chi connectivity index (χ3n) is 3.62. The monoisotopic (exact) mass is 365 g/mol. The summed E-state index contributed by atoms with van der Waals surface area (Å²) < 4.78 is 5.20. The summed E-state index contributed by atoms with van der Waals surface area (Å²) in [5, 5.41) is 10.2. The van der Waals surface area contributed by atoms with Gasteiger partial charge in [-0.25, -0.2) is 0 Å². The van der Waals surface area contributed by atoms with Crippen molar-refractivity contribution in [2.75, 3.05) is 13.7 Å². The molecule has 0 atom stereocenters. The van der Waals surface area contributed by atoms with Gasteiger partial charge in [0, 0.05) is 11.1 Å². The van der Waals surface area contributed by atoms with Gasteiger partial charge in [0.1, 0.15) is 11.4 Å². The maximum Gasteiger partial charge on any atom is 0.270 e. The Hall–Kier alpha value is -3.23. The predicted octanol–water partition coefficient (Wildman–Crippen LogP) is 3.52. The molecule has 0 saturated carbocycles. The van der Waals surface area contributed by atoms with Crippen LogP contribution < -0.4 is 10.1 Å². The number of carbonyl (C=O) groups is 1. The number of amides is 1. The molecule has 1 heterocycles. The van der Waals surface area contributed by atoms with E-state index in [0.29, 0.717) is 16.4 Å². The van der Waals surface area contributed by atoms with Gasteiger partial charge in [0.05, 0.1) is 24.4 Å². The SMILES string of the molecule is COc1cccc(-c2cc(C(=O)NCC#Cc3ccccc3Cl)[nH]n2)c1. The van der Waals surface area contributed by atoms with Gasteiger partial charge in [-0.1, -0.05) is 47.7 Å². The number of methoxy groups -OCH3 is 1. The molecule has 2 N–H and O–H groups in total. The van der Waals surface area contributed by atoms with E-state index in [1.54, 1.807) is 19.2 Å². The second-order valence-corrected chi connectivity index (χ2v) is 5.77. The minimum atomic E-state index is -0.278. The van der Waals surface area contributed by atoms with Crippen LogP contribution >= 0.6 is 11.6 Å². The zero-order valence-electron chi connectivity index (χ0n) is 14.0. The van der Waals surface area contributed by atoms with E-state index in [0.717, 1.165) is 16.9 Å². The van der Waals surface area contributed by atoms with E-state index >= 15 is 0 Å². The number of nitrogens with one attached hydrogen (secondary N) is 2. The van der Waals surface area contributed by atoms with Crippen LogP contribution in [-0.2, 0) is 0 Å². The number of ether oxygens (including phenoxy) is 1. The van der Waals surface area contributed by atoms with Crippen molar-refractivity contribution in [3.05, 3.63) is 70.9 Å². The number of H-pyrrole nitrogens is 1. The van der Waals surface area contributed by atoms with E-state index in [1.165, 1.54) is 0 Å². The summed E-state index contributed by atoms with van der Waals surface area (Å²) in [6, 6.07) is 16.5. The summed E-state index contributed by atoms with van der Waals surface area (Å²) in [6.07, 6.45) is 0. The van der Waals surface area contributed by atoms with Gasteiger partial charge >= 0.3 is 0 Å². The molecule has 5 nitrogen and oxygen atoms in total. The van der Waals surface area contributed by atoms with Crippen LogP contribution in [0.2, 0.25) is 5.02 Å². The molecule has 0 aliphatic carbocycles. The summed E-state index contributed by atoms with van der Waals surface area (Å²) in [7, 11) is 1.60. The average Bonchev–Trinajstić information content (AvgIpc) is 3.17. The molecule has 26 heavy (non-hydrogen) atoms. The van der Waals surface area contributed by atoms with Gasteiger partial charge in [0.15, 0.2) is 0 Å². The molecular formula is C20H16ClN3O2. The largest absolute Gasteiger partial charge is 0.497 e. The fourth-order valence-corrected chi connectivity index (χ4v) is 2.47. The molecule has 1 amide bonds. The lowest BCUT2D eigenvalue weighted by Gasteiger charge is -2.01. The highest BCUT2D eigenvalue weighted by Gasteiger charge is 2.10. The average molecular weight is 366 g/mol. The van der Waals surface area contributed by atoms with Crippen LogP contribution in [-0.4, -0.2) is 29.8 Å². The Morgan fingerprint density at radius 3 is 2.88 bits per heavy atom. The maximum absolute atomic E-state index is 12.2. The molecule has 0 bridgehead atoms. The Morgan fingerprint density at radius 2 is 2.08 bits per heavy atom. The van der Waals surface area contributed by atoms with E-state index in [1.807, 2.05) is 42.5 Å². The summed E-state index contributed by atoms with van der Waals surface area (Å²) >= 11 is 6.03. The number of benzene rings is 2. The smallest absolute Gasteiger partial charge is 0.270 e. The van der Waals surface area contributed by atoms with Gasteiger partial charge in [0.2, 0.25) is 0 Å². The second-order valence-electron chi connectivity index (χ2n) is 5.36. The van der Waals surface area contributed by atoms with Gasteiger partial charge in [-0.3, -0.25) is 9.89 Å². The second kappa shape index (κ2) is 8.24. The van der Waals surface area contributed by atoms with Crippen LogP contribution in [0.1, 0.15) is 16.1 Å². The van der Waals surface area contributed by atoms with E-state index in [4.69, 9.17) is 16.3 Å². The summed E-state index contributed by atoms with van der Waals surface area (Å²) in [4.78, 5) is 12.2. The van der Waals surface area contributed by atoms with Crippen molar-refractivity contribution in [1.82, 2.24) is 15.5 Å². The van der Waals surface area contributed by atoms with Gasteiger partial charge in [-0.15, -0.1) is 0 Å². The zero-order valence-corrected chi connectivity index (χ0v) is 14.8. The molecule has 6 heteroatoms. The van der Waals surface area contributed by atoms with E-state index in [2.05, 4.69) is 27.4 Å². The van der Waals surface area contributed by atoms with Crippen molar-refractivity contribution in [3.63, 3.8) is 0 Å². The van der Waals surface area contributed by atoms with Gasteiger partial charge in [0.25, 0.3) is 5.91 Å². The van der Waals surface area contributed by atoms with Crippen LogP contribution in [0, 0.1) is 11.8 Å². The lowest BCUT2D eigenvalue weighted by atomic mass is 10.1. The Morgan fingerprint density at radius 1 is 1.23 bits per heavy atom. The van der Waals surface area contributed by atoms with Crippen LogP contribution in [0.3, 0.4) is 0 Å². The van der Waals surface area contributed by atoms with Gasteiger partial charge in [-0.05, 0) is 30.3 Å². The van der Waals surface area contributed by atoms with Crippen LogP contribution in [0.4, 0.5) is 0 Å². The van der Waals surface area contributed by atoms with Crippen molar-refractivity contribution in [3.8, 4) is 28.8 Å². The van der Waals surface area contributed by atoms with Crippen LogP contribution in [0.15, 0.2) is 54.6 Å². The first-order chi connectivity index (χ1) is 12.7. The first-order valence-electron chi connectivity index (χ1n) is 7.89. The molecule has 1 aromatic heterocycles. The summed E-state index contributed by atoms with van der Waals surface area (Å²) in [5.41, 5.74) is 2.61. The molecule has 3 aromatic rings. The van der Waals surface area contributed by atoms with Gasteiger partial charge in [-0.2, -0.15) is 5.10 Å². The Labute approximate surface area is 156 Å². The summed E-state index contributed by atoms with van der Waals surface area (Å²) in [5.74, 6) is 6.26. The highest BCUT2D eigenvalue weighted by atomic mass is 35.5. The van der Waals surface area contributed by atoms with Crippen molar-refractivity contribution in [2.45, 2.75) is 0 Å². The number of aromatic amines is 1. The minimum absolute atomic E-state index is 0.206. The molecule has 0 aliphatic rings. The Bertz CT molecular complexity index is 986. The van der Waals surface area contributed by atoms with Crippen molar-refractivity contribution >= 4 is 17.5 Å². The molecule has 0 saturated heterocycles. The summed E-state index contributed by atoms with van der Waals surface area (Å²) in [6.45, 7) is 0.206. The quantitative estimate of drug-likeness (QED) is 0.695. The third-order valence-corrected chi connectivity index (χ3v) is 3.95. The first kappa shape index (κ1) is 17.6. The van der Waals surface area contributed by atoms with Gasteiger partial charge < -0.3 is 10.1 Å². The zero-order chi connectivity index (χ0) is 18.4. The van der Waals surface area contributed by atoms with E-state index in [-0.39, 0.29) is 12.5 Å². The molecule has 0 unspecified atom stereocenters. The van der Waals surface area contributed by atoms with Crippen molar-refractivity contribution < 1.29 is 9.53 Å². The molecule has 2 aromatic carbocycles. The number of nitrogens with zero attached hydrogens (tertiary/aromatic N) is 1. The highest BCUT2D eigenvalue weighted by molar-refractivity contribution is 6.31. The fraction of sp³-hybridized carbons (Fsp3) is 0.100. The molecule has 3 rings (SSSR count). The molecule has 0 radical (unpaired) electrons. The van der Waals surface area contributed by atoms with Crippen molar-refractivity contribution in [2.24, 2.45) is 0 Å². The molecule has 0 spiro atoms. The molecule has 0 fully saturated rings. The highest BCUT2D eigenvalue weighted by Crippen LogP contribution is 2.22. The third kappa shape index (κ3) is 4.24. The lowest BCUT2D eigenvalue weighted by Crippen LogP contribution is -2.23. The number of carbonyl (C=O) groups excluding carboxylic acids is 1. The number of hydrogen-bond donors (Lipinski definition) is 2. The first-order valence-corrected chi connectivity index (χ1v) is 8.26. The van der Waals surface area contributed by atoms with E-state index < -0.39 is 0 Å². The van der Waals surface area contributed by atoms with Crippen LogP contribution in [0.5, 0.6) is 5.75 Å². The number of aromatic nitrogens is 2. The Kier molecular flexibility index (Phi) is 5.57. The fourth-order valence-electron chi connectivity index (χ4n) is 2.29. The number of hydrogen-bond acceptors (Lipinski definition) is 3. The minimum Gasteiger partial charge on any atom is -0.497 e. The molecular weight excluding hydrogens is 350 g/mol. The normalized spacial score (nSPS) is 9.92. The standard InChI is InChI=1S/C20H16ClN3O2/c1-26-16-9-4-7-15(12-16)18-13-19(24-23-18)20(25)22-11-5-8-14-6-2-3-10-17(14)21/h2-4,6-7,9-10,12-13H,11H2,1H3,(H,22,25)(H,23,24). The van der Waals surface area contributed by atoms with E-state index in [9.17, 15) is 4.79 Å². The lowest BCUT2D eigenvalue weighted by molar-refractivity contribution is 0.0953. The number of rotatable bonds is 4. The van der Waals surface area contributed by atoms with Crippen molar-refractivity contribution in [1.29, 1.82) is 0 Å². The predicted molar refractivity (Wildman–Crippen MR) is 101 cm³/mol. The Balaban J connectivity index is 1.63. The number of halogens is 1. The maximum atomic E-state index is 12.2. The molecule has 130 valence electrons.